The maximum absolute atomic E-state index is 5.64. The molecule has 2 heterocycles. The molecule has 1 atom stereocenters. The van der Waals surface area contributed by atoms with Crippen LogP contribution in [0.5, 0.6) is 0 Å². The molecule has 82 valence electrons. The second-order valence-corrected chi connectivity index (χ2v) is 3.76. The summed E-state index contributed by atoms with van der Waals surface area (Å²) in [7, 11) is 4.34. The Balaban J connectivity index is 0.000000337. The minimum absolute atomic E-state index is 0.193. The Hall–Kier alpha value is -0.930. The van der Waals surface area contributed by atoms with Crippen molar-refractivity contribution in [1.82, 2.24) is 19.9 Å². The lowest BCUT2D eigenvalue weighted by Gasteiger charge is -1.98. The maximum Gasteiger partial charge on any atom is 0.226 e. The number of hydrogen-bond acceptors (Lipinski definition) is 4. The van der Waals surface area contributed by atoms with E-state index in [-0.39, 0.29) is 5.28 Å². The van der Waals surface area contributed by atoms with Crippen molar-refractivity contribution < 1.29 is 0 Å². The van der Waals surface area contributed by atoms with E-state index in [1.54, 1.807) is 13.4 Å². The zero-order valence-electron chi connectivity index (χ0n) is 8.58. The van der Waals surface area contributed by atoms with Gasteiger partial charge in [-0.05, 0) is 17.8 Å². The third-order valence-corrected chi connectivity index (χ3v) is 1.66. The van der Waals surface area contributed by atoms with Gasteiger partial charge in [0.05, 0.1) is 6.33 Å². The van der Waals surface area contributed by atoms with Crippen LogP contribution in [0.1, 0.15) is 6.92 Å². The van der Waals surface area contributed by atoms with E-state index in [1.807, 2.05) is 0 Å². The van der Waals surface area contributed by atoms with E-state index < -0.39 is 0 Å². The summed E-state index contributed by atoms with van der Waals surface area (Å²) in [5.74, 6) is 0.655. The highest BCUT2D eigenvalue weighted by molar-refractivity contribution is 7.16. The van der Waals surface area contributed by atoms with E-state index in [9.17, 15) is 0 Å². The second kappa shape index (κ2) is 5.83. The van der Waals surface area contributed by atoms with Crippen molar-refractivity contribution in [3.63, 3.8) is 0 Å². The molecule has 0 bridgehead atoms. The van der Waals surface area contributed by atoms with Gasteiger partial charge >= 0.3 is 0 Å². The molecule has 15 heavy (non-hydrogen) atoms. The molecule has 1 unspecified atom stereocenters. The summed E-state index contributed by atoms with van der Waals surface area (Å²) in [6, 6.07) is 0. The number of H-pyrrole nitrogens is 1. The van der Waals surface area contributed by atoms with Gasteiger partial charge in [0.2, 0.25) is 5.28 Å². The number of nitrogens with one attached hydrogen (secondary N) is 2. The number of hydrogen-bond donors (Lipinski definition) is 2. The van der Waals surface area contributed by atoms with E-state index in [1.165, 1.54) is 6.16 Å². The van der Waals surface area contributed by atoms with Gasteiger partial charge in [-0.15, -0.1) is 9.24 Å². The molecule has 0 aliphatic carbocycles. The van der Waals surface area contributed by atoms with Crippen LogP contribution in [0.2, 0.25) is 5.28 Å². The van der Waals surface area contributed by atoms with Gasteiger partial charge < -0.3 is 10.3 Å². The number of fused-ring (bicyclic) bond motifs is 1. The number of rotatable bonds is 1. The molecular formula is C8H13ClN5P. The number of anilines is 1. The van der Waals surface area contributed by atoms with Crippen LogP contribution in [-0.2, 0) is 0 Å². The van der Waals surface area contributed by atoms with Crippen LogP contribution < -0.4 is 5.32 Å². The largest absolute Gasteiger partial charge is 0.371 e. The minimum Gasteiger partial charge on any atom is -0.371 e. The summed E-state index contributed by atoms with van der Waals surface area (Å²) in [6.07, 6.45) is 2.72. The van der Waals surface area contributed by atoms with Crippen molar-refractivity contribution in [2.24, 2.45) is 0 Å². The van der Waals surface area contributed by atoms with Crippen LogP contribution >= 0.6 is 20.8 Å². The SMILES string of the molecule is CCP.CNc1nc(Cl)nc2nc[nH]c12. The summed E-state index contributed by atoms with van der Waals surface area (Å²) in [5, 5.41) is 3.08. The molecule has 0 aliphatic heterocycles. The Bertz CT molecular complexity index is 430. The van der Waals surface area contributed by atoms with Crippen LogP contribution in [0, 0.1) is 0 Å². The first kappa shape index (κ1) is 12.1. The first-order valence-corrected chi connectivity index (χ1v) is 5.66. The maximum atomic E-state index is 5.64. The quantitative estimate of drug-likeness (QED) is 0.595. The lowest BCUT2D eigenvalue weighted by molar-refractivity contribution is 1.19. The first-order chi connectivity index (χ1) is 7.22. The third-order valence-electron chi connectivity index (χ3n) is 1.50. The van der Waals surface area contributed by atoms with Crippen molar-refractivity contribution in [2.45, 2.75) is 6.92 Å². The second-order valence-electron chi connectivity index (χ2n) is 2.60. The van der Waals surface area contributed by atoms with Crippen molar-refractivity contribution in [2.75, 3.05) is 18.5 Å². The van der Waals surface area contributed by atoms with Crippen molar-refractivity contribution in [3.8, 4) is 0 Å². The van der Waals surface area contributed by atoms with Crippen LogP contribution in [0.15, 0.2) is 6.33 Å². The van der Waals surface area contributed by atoms with Crippen LogP contribution in [0.3, 0.4) is 0 Å². The monoisotopic (exact) mass is 245 g/mol. The molecule has 0 aromatic carbocycles. The smallest absolute Gasteiger partial charge is 0.226 e. The Labute approximate surface area is 95.3 Å². The van der Waals surface area contributed by atoms with Crippen LogP contribution in [0.25, 0.3) is 11.2 Å². The summed E-state index contributed by atoms with van der Waals surface area (Å²) in [5.41, 5.74) is 1.33. The Kier molecular flexibility index (Phi) is 4.72. The zero-order valence-corrected chi connectivity index (χ0v) is 10.5. The van der Waals surface area contributed by atoms with Gasteiger partial charge in [0, 0.05) is 7.05 Å². The fourth-order valence-corrected chi connectivity index (χ4v) is 1.15. The standard InChI is InChI=1S/C6H6ClN5.C2H7P/c1-8-4-3-5(10-2-9-3)12-6(7)11-4;1-2-3/h2H,1H3,(H2,8,9,10,11,12);2-3H2,1H3. The van der Waals surface area contributed by atoms with Gasteiger partial charge in [0.25, 0.3) is 0 Å². The molecule has 0 fully saturated rings. The predicted octanol–water partition coefficient (Wildman–Crippen LogP) is 1.93. The molecule has 0 amide bonds. The van der Waals surface area contributed by atoms with Crippen molar-refractivity contribution >= 4 is 37.8 Å². The predicted molar refractivity (Wildman–Crippen MR) is 66.5 cm³/mol. The van der Waals surface area contributed by atoms with Gasteiger partial charge in [-0.3, -0.25) is 0 Å². The molecule has 2 N–H and O–H groups in total. The van der Waals surface area contributed by atoms with Gasteiger partial charge in [-0.1, -0.05) is 6.92 Å². The molecule has 5 nitrogen and oxygen atoms in total. The van der Waals surface area contributed by atoms with Gasteiger partial charge in [0.1, 0.15) is 5.52 Å². The zero-order chi connectivity index (χ0) is 11.3. The summed E-state index contributed by atoms with van der Waals surface area (Å²) in [4.78, 5) is 14.7. The van der Waals surface area contributed by atoms with E-state index in [0.29, 0.717) is 11.5 Å². The lowest BCUT2D eigenvalue weighted by Crippen LogP contribution is -1.95. The molecule has 2 rings (SSSR count). The molecule has 0 radical (unpaired) electrons. The third kappa shape index (κ3) is 3.01. The van der Waals surface area contributed by atoms with Crippen molar-refractivity contribution in [1.29, 1.82) is 0 Å². The summed E-state index contributed by atoms with van der Waals surface area (Å²) >= 11 is 5.64. The molecule has 2 aromatic heterocycles. The molecule has 0 saturated heterocycles. The highest BCUT2D eigenvalue weighted by Gasteiger charge is 2.05. The number of aromatic amines is 1. The molecule has 7 heteroatoms. The molecule has 0 aliphatic rings. The minimum atomic E-state index is 0.193. The van der Waals surface area contributed by atoms with E-state index in [4.69, 9.17) is 11.6 Å². The van der Waals surface area contributed by atoms with E-state index >= 15 is 0 Å². The topological polar surface area (TPSA) is 66.5 Å². The Morgan fingerprint density at radius 1 is 1.53 bits per heavy atom. The van der Waals surface area contributed by atoms with E-state index in [2.05, 4.69) is 41.4 Å². The number of imidazole rings is 1. The fraction of sp³-hybridized carbons (Fsp3) is 0.375. The summed E-state index contributed by atoms with van der Waals surface area (Å²) in [6.45, 7) is 2.09. The summed E-state index contributed by atoms with van der Waals surface area (Å²) < 4.78 is 0. The van der Waals surface area contributed by atoms with Gasteiger partial charge in [-0.2, -0.15) is 9.97 Å². The average Bonchev–Trinajstić information content (AvgIpc) is 2.65. The molecule has 2 aromatic rings. The molecule has 0 saturated carbocycles. The van der Waals surface area contributed by atoms with Crippen LogP contribution in [-0.4, -0.2) is 33.1 Å². The highest BCUT2D eigenvalue weighted by Crippen LogP contribution is 2.17. The molecular weight excluding hydrogens is 233 g/mol. The lowest BCUT2D eigenvalue weighted by atomic mass is 10.5. The van der Waals surface area contributed by atoms with E-state index in [0.717, 1.165) is 5.52 Å². The number of nitrogens with zero attached hydrogens (tertiary/aromatic N) is 3. The number of aromatic nitrogens is 4. The fourth-order valence-electron chi connectivity index (χ4n) is 0.988. The highest BCUT2D eigenvalue weighted by atomic mass is 35.5. The van der Waals surface area contributed by atoms with Gasteiger partial charge in [0.15, 0.2) is 11.5 Å². The normalized spacial score (nSPS) is 9.60. The molecule has 0 spiro atoms. The Morgan fingerprint density at radius 2 is 2.20 bits per heavy atom. The van der Waals surface area contributed by atoms with Gasteiger partial charge in [-0.25, -0.2) is 4.98 Å². The van der Waals surface area contributed by atoms with Crippen molar-refractivity contribution in [3.05, 3.63) is 11.6 Å². The average molecular weight is 246 g/mol. The Morgan fingerprint density at radius 3 is 2.80 bits per heavy atom. The number of halogens is 1. The van der Waals surface area contributed by atoms with Crippen LogP contribution in [0.4, 0.5) is 5.82 Å². The first-order valence-electron chi connectivity index (χ1n) is 4.47.